The predicted molar refractivity (Wildman–Crippen MR) is 92.0 cm³/mol. The van der Waals surface area contributed by atoms with Crippen molar-refractivity contribution in [2.24, 2.45) is 0 Å². The fourth-order valence-corrected chi connectivity index (χ4v) is 3.11. The molecule has 6 nitrogen and oxygen atoms in total. The van der Waals surface area contributed by atoms with Gasteiger partial charge in [0.05, 0.1) is 0 Å². The molecule has 1 aliphatic carbocycles. The molecule has 0 amide bonds. The highest BCUT2D eigenvalue weighted by Gasteiger charge is 2.24. The molecule has 2 aromatic rings. The van der Waals surface area contributed by atoms with Crippen LogP contribution in [-0.4, -0.2) is 21.7 Å². The molecule has 25 heavy (non-hydrogen) atoms. The molecule has 0 saturated carbocycles. The van der Waals surface area contributed by atoms with Crippen molar-refractivity contribution in [3.8, 4) is 0 Å². The highest BCUT2D eigenvalue weighted by Crippen LogP contribution is 2.24. The standard InChI is InChI=1S/C18H17ClN2O4/c1-2-15(10-6-7-20-16(19)8-10)25-18(24)12-9-11-13(21-17(12)23)4-3-5-14(11)22/h6-9,15H,2-5H2,1H3,(H,21,23). The molecule has 0 bridgehead atoms. The van der Waals surface area contributed by atoms with Crippen molar-refractivity contribution in [1.82, 2.24) is 9.97 Å². The maximum absolute atomic E-state index is 12.5. The first kappa shape index (κ1) is 17.4. The zero-order valence-electron chi connectivity index (χ0n) is 13.7. The number of esters is 1. The van der Waals surface area contributed by atoms with Gasteiger partial charge in [-0.15, -0.1) is 0 Å². The van der Waals surface area contributed by atoms with Crippen LogP contribution in [0.1, 0.15) is 64.3 Å². The smallest absolute Gasteiger partial charge is 0.344 e. The molecule has 1 N–H and O–H groups in total. The van der Waals surface area contributed by atoms with Crippen LogP contribution in [0.5, 0.6) is 0 Å². The molecule has 0 saturated heterocycles. The van der Waals surface area contributed by atoms with Crippen molar-refractivity contribution in [3.63, 3.8) is 0 Å². The van der Waals surface area contributed by atoms with Crippen molar-refractivity contribution in [2.45, 2.75) is 38.7 Å². The Labute approximate surface area is 149 Å². The van der Waals surface area contributed by atoms with Crippen LogP contribution in [-0.2, 0) is 11.2 Å². The topological polar surface area (TPSA) is 89.1 Å². The van der Waals surface area contributed by atoms with E-state index in [4.69, 9.17) is 16.3 Å². The van der Waals surface area contributed by atoms with Crippen LogP contribution < -0.4 is 5.56 Å². The number of fused-ring (bicyclic) bond motifs is 1. The number of halogens is 1. The number of aryl methyl sites for hydroxylation is 1. The number of aromatic amines is 1. The number of ether oxygens (including phenoxy) is 1. The van der Waals surface area contributed by atoms with Crippen LogP contribution in [0.15, 0.2) is 29.2 Å². The number of ketones is 1. The fourth-order valence-electron chi connectivity index (χ4n) is 2.92. The van der Waals surface area contributed by atoms with E-state index in [0.29, 0.717) is 47.7 Å². The van der Waals surface area contributed by atoms with Crippen LogP contribution >= 0.6 is 11.6 Å². The quantitative estimate of drug-likeness (QED) is 0.667. The molecular formula is C18H17ClN2O4. The second-order valence-electron chi connectivity index (χ2n) is 5.90. The molecule has 0 aliphatic heterocycles. The van der Waals surface area contributed by atoms with Gasteiger partial charge in [0, 0.05) is 23.9 Å². The number of carbonyl (C=O) groups excluding carboxylic acids is 2. The minimum Gasteiger partial charge on any atom is -0.454 e. The van der Waals surface area contributed by atoms with Gasteiger partial charge in [0.25, 0.3) is 5.56 Å². The van der Waals surface area contributed by atoms with Crippen LogP contribution in [0.2, 0.25) is 5.15 Å². The lowest BCUT2D eigenvalue weighted by molar-refractivity contribution is 0.0285. The first-order valence-electron chi connectivity index (χ1n) is 8.11. The van der Waals surface area contributed by atoms with Gasteiger partial charge in [-0.1, -0.05) is 18.5 Å². The summed E-state index contributed by atoms with van der Waals surface area (Å²) in [5.41, 5.74) is 0.985. The number of hydrogen-bond donors (Lipinski definition) is 1. The second-order valence-corrected chi connectivity index (χ2v) is 6.28. The summed E-state index contributed by atoms with van der Waals surface area (Å²) < 4.78 is 5.48. The number of nitrogens with one attached hydrogen (secondary N) is 1. The maximum Gasteiger partial charge on any atom is 0.344 e. The van der Waals surface area contributed by atoms with Gasteiger partial charge in [0.2, 0.25) is 0 Å². The van der Waals surface area contributed by atoms with E-state index in [1.54, 1.807) is 12.1 Å². The summed E-state index contributed by atoms with van der Waals surface area (Å²) in [6.45, 7) is 1.85. The van der Waals surface area contributed by atoms with Crippen LogP contribution in [0.4, 0.5) is 0 Å². The lowest BCUT2D eigenvalue weighted by Gasteiger charge is -2.18. The number of hydrogen-bond acceptors (Lipinski definition) is 5. The number of Topliss-reactive ketones (excluding diaryl/α,β-unsaturated/α-hetero) is 1. The zero-order valence-corrected chi connectivity index (χ0v) is 14.4. The average molecular weight is 361 g/mol. The van der Waals surface area contributed by atoms with Crippen molar-refractivity contribution in [3.05, 3.63) is 62.3 Å². The highest BCUT2D eigenvalue weighted by atomic mass is 35.5. The summed E-state index contributed by atoms with van der Waals surface area (Å²) in [7, 11) is 0. The van der Waals surface area contributed by atoms with Gasteiger partial charge in [-0.25, -0.2) is 9.78 Å². The highest BCUT2D eigenvalue weighted by molar-refractivity contribution is 6.29. The van der Waals surface area contributed by atoms with Crippen LogP contribution in [0.25, 0.3) is 0 Å². The van der Waals surface area contributed by atoms with E-state index in [2.05, 4.69) is 9.97 Å². The molecule has 2 heterocycles. The number of rotatable bonds is 4. The third kappa shape index (κ3) is 3.64. The maximum atomic E-state index is 12.5. The molecule has 3 rings (SSSR count). The molecule has 0 fully saturated rings. The lowest BCUT2D eigenvalue weighted by atomic mass is 9.94. The third-order valence-corrected chi connectivity index (χ3v) is 4.42. The molecule has 130 valence electrons. The molecule has 1 atom stereocenters. The lowest BCUT2D eigenvalue weighted by Crippen LogP contribution is -2.26. The Kier molecular flexibility index (Phi) is 4.99. The first-order chi connectivity index (χ1) is 12.0. The summed E-state index contributed by atoms with van der Waals surface area (Å²) >= 11 is 5.88. The first-order valence-corrected chi connectivity index (χ1v) is 8.49. The van der Waals surface area contributed by atoms with Gasteiger partial charge in [-0.3, -0.25) is 9.59 Å². The Bertz CT molecular complexity index is 891. The zero-order chi connectivity index (χ0) is 18.0. The van der Waals surface area contributed by atoms with E-state index < -0.39 is 17.6 Å². The summed E-state index contributed by atoms with van der Waals surface area (Å²) in [6.07, 6.45) is 3.22. The molecule has 1 aliphatic rings. The molecule has 0 aromatic carbocycles. The number of H-pyrrole nitrogens is 1. The van der Waals surface area contributed by atoms with E-state index in [9.17, 15) is 14.4 Å². The number of pyridine rings is 2. The molecule has 0 radical (unpaired) electrons. The van der Waals surface area contributed by atoms with Gasteiger partial charge in [0.1, 0.15) is 16.8 Å². The van der Waals surface area contributed by atoms with Gasteiger partial charge >= 0.3 is 5.97 Å². The Morgan fingerprint density at radius 3 is 2.88 bits per heavy atom. The predicted octanol–water partition coefficient (Wildman–Crippen LogP) is 3.25. The van der Waals surface area contributed by atoms with Crippen molar-refractivity contribution < 1.29 is 14.3 Å². The normalized spacial score (nSPS) is 14.7. The van der Waals surface area contributed by atoms with E-state index in [0.717, 1.165) is 0 Å². The minimum absolute atomic E-state index is 0.0699. The molecule has 1 unspecified atom stereocenters. The Morgan fingerprint density at radius 2 is 2.16 bits per heavy atom. The summed E-state index contributed by atoms with van der Waals surface area (Å²) in [5.74, 6) is -0.832. The Hall–Kier alpha value is -2.47. The Morgan fingerprint density at radius 1 is 1.36 bits per heavy atom. The summed E-state index contributed by atoms with van der Waals surface area (Å²) in [6, 6.07) is 4.67. The van der Waals surface area contributed by atoms with E-state index >= 15 is 0 Å². The largest absolute Gasteiger partial charge is 0.454 e. The summed E-state index contributed by atoms with van der Waals surface area (Å²) in [4.78, 5) is 43.2. The molecular weight excluding hydrogens is 344 g/mol. The van der Waals surface area contributed by atoms with Gasteiger partial charge < -0.3 is 9.72 Å². The molecule has 2 aromatic heterocycles. The third-order valence-electron chi connectivity index (χ3n) is 4.22. The van der Waals surface area contributed by atoms with Crippen LogP contribution in [0, 0.1) is 0 Å². The molecule has 7 heteroatoms. The average Bonchev–Trinajstić information content (AvgIpc) is 2.59. The monoisotopic (exact) mass is 360 g/mol. The summed E-state index contributed by atoms with van der Waals surface area (Å²) in [5, 5.41) is 0.296. The number of carbonyl (C=O) groups is 2. The second kappa shape index (κ2) is 7.19. The van der Waals surface area contributed by atoms with Crippen LogP contribution in [0.3, 0.4) is 0 Å². The van der Waals surface area contributed by atoms with Gasteiger partial charge in [-0.05, 0) is 43.0 Å². The van der Waals surface area contributed by atoms with Gasteiger partial charge in [0.15, 0.2) is 5.78 Å². The van der Waals surface area contributed by atoms with Crippen molar-refractivity contribution >= 4 is 23.4 Å². The number of nitrogens with zero attached hydrogens (tertiary/aromatic N) is 1. The number of aromatic nitrogens is 2. The van der Waals surface area contributed by atoms with Crippen molar-refractivity contribution in [2.75, 3.05) is 0 Å². The minimum atomic E-state index is -0.762. The van der Waals surface area contributed by atoms with E-state index in [-0.39, 0.29) is 11.3 Å². The molecule has 0 spiro atoms. The van der Waals surface area contributed by atoms with Gasteiger partial charge in [-0.2, -0.15) is 0 Å². The van der Waals surface area contributed by atoms with E-state index in [1.165, 1.54) is 12.3 Å². The van der Waals surface area contributed by atoms with Crippen molar-refractivity contribution in [1.29, 1.82) is 0 Å². The Balaban J connectivity index is 1.89. The fraction of sp³-hybridized carbons (Fsp3) is 0.333. The van der Waals surface area contributed by atoms with E-state index in [1.807, 2.05) is 6.92 Å². The SMILES string of the molecule is CCC(OC(=O)c1cc2c([nH]c1=O)CCCC2=O)c1ccnc(Cl)c1.